The topological polar surface area (TPSA) is 69.1 Å². The van der Waals surface area contributed by atoms with Crippen LogP contribution in [0.15, 0.2) is 30.9 Å². The van der Waals surface area contributed by atoms with Gasteiger partial charge in [0.05, 0.1) is 16.4 Å². The lowest BCUT2D eigenvalue weighted by Gasteiger charge is -2.04. The van der Waals surface area contributed by atoms with Crippen LogP contribution in [0.25, 0.3) is 16.9 Å². The van der Waals surface area contributed by atoms with Crippen LogP contribution in [0.1, 0.15) is 5.69 Å². The molecule has 0 unspecified atom stereocenters. The third-order valence-electron chi connectivity index (χ3n) is 2.61. The van der Waals surface area contributed by atoms with E-state index in [0.29, 0.717) is 10.8 Å². The Morgan fingerprint density at radius 2 is 2.06 bits per heavy atom. The summed E-state index contributed by atoms with van der Waals surface area (Å²) >= 11 is 6.21. The first-order chi connectivity index (χ1) is 8.63. The molecule has 0 saturated carbocycles. The first-order valence-electron chi connectivity index (χ1n) is 5.36. The third-order valence-corrected chi connectivity index (χ3v) is 2.89. The van der Waals surface area contributed by atoms with Crippen molar-refractivity contribution in [3.05, 3.63) is 41.6 Å². The zero-order valence-corrected chi connectivity index (χ0v) is 10.4. The molecule has 3 aromatic rings. The Bertz CT molecular complexity index is 734. The Labute approximate surface area is 108 Å². The molecule has 0 aliphatic heterocycles. The van der Waals surface area contributed by atoms with Crippen LogP contribution >= 0.6 is 11.6 Å². The summed E-state index contributed by atoms with van der Waals surface area (Å²) in [5.41, 5.74) is 8.90. The lowest BCUT2D eigenvalue weighted by atomic mass is 10.2. The van der Waals surface area contributed by atoms with Gasteiger partial charge in [-0.25, -0.2) is 15.0 Å². The van der Waals surface area contributed by atoms with Crippen molar-refractivity contribution in [1.82, 2.24) is 19.4 Å². The first kappa shape index (κ1) is 11.0. The van der Waals surface area contributed by atoms with Crippen LogP contribution in [0.5, 0.6) is 0 Å². The highest BCUT2D eigenvalue weighted by atomic mass is 35.5. The van der Waals surface area contributed by atoms with Gasteiger partial charge in [0.25, 0.3) is 0 Å². The minimum atomic E-state index is 0.429. The van der Waals surface area contributed by atoms with Crippen LogP contribution in [0.3, 0.4) is 0 Å². The number of hydrogen-bond donors (Lipinski definition) is 1. The normalized spacial score (nSPS) is 11.0. The van der Waals surface area contributed by atoms with E-state index in [1.54, 1.807) is 6.07 Å². The van der Waals surface area contributed by atoms with Crippen molar-refractivity contribution < 1.29 is 0 Å². The molecule has 3 rings (SSSR count). The second-order valence-electron chi connectivity index (χ2n) is 4.02. The number of hydrogen-bond acceptors (Lipinski definition) is 4. The molecule has 0 radical (unpaired) electrons. The maximum absolute atomic E-state index is 6.21. The smallest absolute Gasteiger partial charge is 0.155 e. The summed E-state index contributed by atoms with van der Waals surface area (Å²) in [5.74, 6) is 0.429. The summed E-state index contributed by atoms with van der Waals surface area (Å²) in [4.78, 5) is 12.4. The average Bonchev–Trinajstić information content (AvgIpc) is 2.70. The van der Waals surface area contributed by atoms with Crippen molar-refractivity contribution in [2.75, 3.05) is 5.73 Å². The summed E-state index contributed by atoms with van der Waals surface area (Å²) in [6.45, 7) is 1.92. The molecule has 18 heavy (non-hydrogen) atoms. The predicted octanol–water partition coefficient (Wildman–Crippen LogP) is 2.34. The molecule has 3 heterocycles. The van der Waals surface area contributed by atoms with E-state index in [1.807, 2.05) is 29.8 Å². The third kappa shape index (κ3) is 1.78. The van der Waals surface area contributed by atoms with Crippen LogP contribution in [-0.4, -0.2) is 19.4 Å². The highest BCUT2D eigenvalue weighted by Gasteiger charge is 2.08. The van der Waals surface area contributed by atoms with E-state index in [1.165, 1.54) is 6.33 Å². The van der Waals surface area contributed by atoms with Gasteiger partial charge in [0, 0.05) is 24.0 Å². The van der Waals surface area contributed by atoms with Gasteiger partial charge >= 0.3 is 0 Å². The molecule has 0 saturated heterocycles. The number of anilines is 1. The van der Waals surface area contributed by atoms with E-state index in [0.717, 1.165) is 22.6 Å². The summed E-state index contributed by atoms with van der Waals surface area (Å²) in [5, 5.41) is 0.581. The summed E-state index contributed by atoms with van der Waals surface area (Å²) in [6.07, 6.45) is 5.26. The fourth-order valence-corrected chi connectivity index (χ4v) is 2.11. The van der Waals surface area contributed by atoms with Crippen LogP contribution in [0.2, 0.25) is 5.02 Å². The van der Waals surface area contributed by atoms with Crippen LogP contribution in [-0.2, 0) is 0 Å². The minimum Gasteiger partial charge on any atom is -0.384 e. The van der Waals surface area contributed by atoms with Gasteiger partial charge in [-0.2, -0.15) is 0 Å². The number of rotatable bonds is 1. The van der Waals surface area contributed by atoms with Gasteiger partial charge in [-0.3, -0.25) is 0 Å². The van der Waals surface area contributed by atoms with Crippen LogP contribution in [0.4, 0.5) is 5.82 Å². The second kappa shape index (κ2) is 3.96. The maximum Gasteiger partial charge on any atom is 0.155 e. The number of fused-ring (bicyclic) bond motifs is 1. The second-order valence-corrected chi connectivity index (χ2v) is 4.43. The molecule has 0 atom stereocenters. The number of nitrogens with two attached hydrogens (primary N) is 1. The largest absolute Gasteiger partial charge is 0.384 e. The molecule has 2 N–H and O–H groups in total. The van der Waals surface area contributed by atoms with Crippen LogP contribution < -0.4 is 5.73 Å². The fraction of sp³-hybridized carbons (Fsp3) is 0.0833. The quantitative estimate of drug-likeness (QED) is 0.728. The van der Waals surface area contributed by atoms with Crippen molar-refractivity contribution in [3.63, 3.8) is 0 Å². The molecular formula is C12H10ClN5. The zero-order valence-electron chi connectivity index (χ0n) is 9.63. The number of pyridine rings is 1. The highest BCUT2D eigenvalue weighted by molar-refractivity contribution is 6.33. The molecule has 0 aliphatic rings. The Balaban J connectivity index is 2.24. The van der Waals surface area contributed by atoms with Crippen molar-refractivity contribution >= 4 is 23.1 Å². The minimum absolute atomic E-state index is 0.429. The molecular weight excluding hydrogens is 250 g/mol. The molecule has 0 aliphatic carbocycles. The van der Waals surface area contributed by atoms with Gasteiger partial charge in [0.15, 0.2) is 5.65 Å². The van der Waals surface area contributed by atoms with Gasteiger partial charge in [0.1, 0.15) is 12.1 Å². The Morgan fingerprint density at radius 3 is 2.83 bits per heavy atom. The highest BCUT2D eigenvalue weighted by Crippen LogP contribution is 2.25. The Morgan fingerprint density at radius 1 is 1.22 bits per heavy atom. The number of aryl methyl sites for hydroxylation is 1. The Hall–Kier alpha value is -2.14. The van der Waals surface area contributed by atoms with E-state index < -0.39 is 0 Å². The molecule has 0 aromatic carbocycles. The predicted molar refractivity (Wildman–Crippen MR) is 70.4 cm³/mol. The summed E-state index contributed by atoms with van der Waals surface area (Å²) in [6, 6.07) is 3.53. The summed E-state index contributed by atoms with van der Waals surface area (Å²) < 4.78 is 1.88. The van der Waals surface area contributed by atoms with Gasteiger partial charge in [0.2, 0.25) is 0 Å². The SMILES string of the molecule is Cc1cn2cc(-c3cc(N)ncn3)cc(Cl)c2n1. The molecule has 0 spiro atoms. The molecule has 0 fully saturated rings. The van der Waals surface area contributed by atoms with E-state index in [4.69, 9.17) is 17.3 Å². The van der Waals surface area contributed by atoms with E-state index in [-0.39, 0.29) is 0 Å². The van der Waals surface area contributed by atoms with Gasteiger partial charge in [-0.1, -0.05) is 11.6 Å². The van der Waals surface area contributed by atoms with E-state index in [2.05, 4.69) is 15.0 Å². The van der Waals surface area contributed by atoms with Gasteiger partial charge in [-0.15, -0.1) is 0 Å². The Kier molecular flexibility index (Phi) is 2.41. The first-order valence-corrected chi connectivity index (χ1v) is 5.74. The van der Waals surface area contributed by atoms with E-state index in [9.17, 15) is 0 Å². The van der Waals surface area contributed by atoms with Crippen molar-refractivity contribution in [3.8, 4) is 11.3 Å². The van der Waals surface area contributed by atoms with Crippen molar-refractivity contribution in [2.24, 2.45) is 0 Å². The van der Waals surface area contributed by atoms with Crippen molar-refractivity contribution in [1.29, 1.82) is 0 Å². The summed E-state index contributed by atoms with van der Waals surface area (Å²) in [7, 11) is 0. The monoisotopic (exact) mass is 259 g/mol. The number of nitrogen functional groups attached to an aromatic ring is 1. The molecule has 5 nitrogen and oxygen atoms in total. The number of imidazole rings is 1. The number of aromatic nitrogens is 4. The maximum atomic E-state index is 6.21. The van der Waals surface area contributed by atoms with Gasteiger partial charge < -0.3 is 10.1 Å². The molecule has 0 bridgehead atoms. The standard InChI is InChI=1S/C12H10ClN5/c1-7-4-18-5-8(2-9(13)12(18)17-7)10-3-11(14)16-6-15-10/h2-6H,1H3,(H2,14,15,16). The lowest BCUT2D eigenvalue weighted by molar-refractivity contribution is 1.15. The van der Waals surface area contributed by atoms with E-state index >= 15 is 0 Å². The molecule has 90 valence electrons. The zero-order chi connectivity index (χ0) is 12.7. The van der Waals surface area contributed by atoms with Gasteiger partial charge in [-0.05, 0) is 13.0 Å². The van der Waals surface area contributed by atoms with Crippen molar-refractivity contribution in [2.45, 2.75) is 6.92 Å². The molecule has 6 heteroatoms. The number of nitrogens with zero attached hydrogens (tertiary/aromatic N) is 4. The molecule has 0 amide bonds. The average molecular weight is 260 g/mol. The lowest BCUT2D eigenvalue weighted by Crippen LogP contribution is -1.94. The fourth-order valence-electron chi connectivity index (χ4n) is 1.85. The molecule has 3 aromatic heterocycles. The van der Waals surface area contributed by atoms with Crippen LogP contribution in [0, 0.1) is 6.92 Å². The number of halogens is 1.